The Bertz CT molecular complexity index is 886. The van der Waals surface area contributed by atoms with Crippen molar-refractivity contribution < 1.29 is 23.9 Å². The van der Waals surface area contributed by atoms with Gasteiger partial charge in [0.25, 0.3) is 11.8 Å². The van der Waals surface area contributed by atoms with Gasteiger partial charge < -0.3 is 9.47 Å². The Balaban J connectivity index is 1.60. The first kappa shape index (κ1) is 20.9. The predicted octanol–water partition coefficient (Wildman–Crippen LogP) is 3.66. The molecule has 6 nitrogen and oxygen atoms in total. The zero-order chi connectivity index (χ0) is 20.9. The summed E-state index contributed by atoms with van der Waals surface area (Å²) in [6, 6.07) is 13.5. The smallest absolute Gasteiger partial charge is 0.317 e. The molecule has 2 aromatic rings. The standard InChI is InChI=1S/C22H22ClNO5/c1-28-18-10-4-15(5-11-18)20(26)24-19(25)14-29-21(27)22(12-2-3-13-22)16-6-8-17(23)9-7-16/h4-11H,2-3,12-14H2,1H3,(H,24,25,26). The van der Waals surface area contributed by atoms with Crippen molar-refractivity contribution in [2.45, 2.75) is 31.1 Å². The van der Waals surface area contributed by atoms with Crippen molar-refractivity contribution in [2.75, 3.05) is 13.7 Å². The number of carbonyl (C=O) groups excluding carboxylic acids is 3. The minimum absolute atomic E-state index is 0.305. The number of methoxy groups -OCH3 is 1. The predicted molar refractivity (Wildman–Crippen MR) is 108 cm³/mol. The highest BCUT2D eigenvalue weighted by Crippen LogP contribution is 2.42. The number of imide groups is 1. The quantitative estimate of drug-likeness (QED) is 0.728. The molecule has 0 heterocycles. The van der Waals surface area contributed by atoms with Crippen LogP contribution in [0.5, 0.6) is 5.75 Å². The van der Waals surface area contributed by atoms with Crippen molar-refractivity contribution in [3.63, 3.8) is 0 Å². The van der Waals surface area contributed by atoms with E-state index in [1.807, 2.05) is 12.1 Å². The highest BCUT2D eigenvalue weighted by atomic mass is 35.5. The molecule has 1 aliphatic rings. The third-order valence-electron chi connectivity index (χ3n) is 5.18. The molecule has 0 saturated heterocycles. The van der Waals surface area contributed by atoms with Crippen LogP contribution >= 0.6 is 11.6 Å². The van der Waals surface area contributed by atoms with Gasteiger partial charge >= 0.3 is 5.97 Å². The molecule has 2 aromatic carbocycles. The summed E-state index contributed by atoms with van der Waals surface area (Å²) in [4.78, 5) is 37.1. The van der Waals surface area contributed by atoms with E-state index in [9.17, 15) is 14.4 Å². The summed E-state index contributed by atoms with van der Waals surface area (Å²) in [6.07, 6.45) is 3.11. The molecule has 152 valence electrons. The molecule has 3 rings (SSSR count). The van der Waals surface area contributed by atoms with Crippen LogP contribution in [0.25, 0.3) is 0 Å². The van der Waals surface area contributed by atoms with E-state index in [0.29, 0.717) is 29.2 Å². The number of hydrogen-bond donors (Lipinski definition) is 1. The van der Waals surface area contributed by atoms with E-state index in [1.54, 1.807) is 36.4 Å². The number of esters is 1. The maximum absolute atomic E-state index is 12.8. The van der Waals surface area contributed by atoms with Crippen molar-refractivity contribution in [3.05, 3.63) is 64.7 Å². The summed E-state index contributed by atoms with van der Waals surface area (Å²) in [7, 11) is 1.52. The van der Waals surface area contributed by atoms with Gasteiger partial charge in [-0.1, -0.05) is 36.6 Å². The summed E-state index contributed by atoms with van der Waals surface area (Å²) in [5.41, 5.74) is 0.364. The molecule has 2 amide bonds. The van der Waals surface area contributed by atoms with Gasteiger partial charge in [0, 0.05) is 10.6 Å². The number of rotatable bonds is 6. The molecule has 1 saturated carbocycles. The number of amides is 2. The van der Waals surface area contributed by atoms with Crippen LogP contribution in [0.3, 0.4) is 0 Å². The molecule has 0 aliphatic heterocycles. The summed E-state index contributed by atoms with van der Waals surface area (Å²) >= 11 is 5.95. The van der Waals surface area contributed by atoms with E-state index >= 15 is 0 Å². The summed E-state index contributed by atoms with van der Waals surface area (Å²) in [5.74, 6) is -1.10. The highest BCUT2D eigenvalue weighted by Gasteiger charge is 2.44. The Hall–Kier alpha value is -2.86. The molecule has 7 heteroatoms. The van der Waals surface area contributed by atoms with Crippen LogP contribution in [-0.2, 0) is 19.7 Å². The first-order chi connectivity index (χ1) is 13.9. The second-order valence-corrected chi connectivity index (χ2v) is 7.41. The van der Waals surface area contributed by atoms with Crippen LogP contribution in [0.15, 0.2) is 48.5 Å². The second kappa shape index (κ2) is 9.09. The monoisotopic (exact) mass is 415 g/mol. The molecular formula is C22H22ClNO5. The van der Waals surface area contributed by atoms with Crippen LogP contribution in [0.4, 0.5) is 0 Å². The maximum Gasteiger partial charge on any atom is 0.317 e. The summed E-state index contributed by atoms with van der Waals surface area (Å²) < 4.78 is 10.3. The van der Waals surface area contributed by atoms with Gasteiger partial charge in [-0.05, 0) is 54.8 Å². The Morgan fingerprint density at radius 2 is 1.62 bits per heavy atom. The van der Waals surface area contributed by atoms with Crippen LogP contribution in [0, 0.1) is 0 Å². The number of nitrogens with one attached hydrogen (secondary N) is 1. The van der Waals surface area contributed by atoms with Crippen LogP contribution in [0.2, 0.25) is 5.02 Å². The zero-order valence-corrected chi connectivity index (χ0v) is 16.8. The minimum Gasteiger partial charge on any atom is -0.497 e. The topological polar surface area (TPSA) is 81.7 Å². The normalized spacial score (nSPS) is 14.8. The number of hydrogen-bond acceptors (Lipinski definition) is 5. The molecule has 0 radical (unpaired) electrons. The average Bonchev–Trinajstić information content (AvgIpc) is 3.23. The Morgan fingerprint density at radius 1 is 1.00 bits per heavy atom. The van der Waals surface area contributed by atoms with Gasteiger partial charge in [-0.3, -0.25) is 19.7 Å². The van der Waals surface area contributed by atoms with Gasteiger partial charge in [0.05, 0.1) is 12.5 Å². The minimum atomic E-state index is -0.773. The number of carbonyl (C=O) groups is 3. The summed E-state index contributed by atoms with van der Waals surface area (Å²) in [6.45, 7) is -0.518. The Morgan fingerprint density at radius 3 is 2.21 bits per heavy atom. The van der Waals surface area contributed by atoms with Crippen LogP contribution in [-0.4, -0.2) is 31.5 Å². The SMILES string of the molecule is COc1ccc(C(=O)NC(=O)COC(=O)C2(c3ccc(Cl)cc3)CCCC2)cc1. The number of benzene rings is 2. The first-order valence-electron chi connectivity index (χ1n) is 9.36. The lowest BCUT2D eigenvalue weighted by Gasteiger charge is -2.27. The van der Waals surface area contributed by atoms with E-state index < -0.39 is 29.8 Å². The number of ether oxygens (including phenoxy) is 2. The van der Waals surface area contributed by atoms with Crippen LogP contribution < -0.4 is 10.1 Å². The van der Waals surface area contributed by atoms with Crippen molar-refractivity contribution in [1.82, 2.24) is 5.32 Å². The molecule has 1 fully saturated rings. The molecule has 0 spiro atoms. The van der Waals surface area contributed by atoms with Crippen molar-refractivity contribution in [1.29, 1.82) is 0 Å². The highest BCUT2D eigenvalue weighted by molar-refractivity contribution is 6.30. The van der Waals surface area contributed by atoms with Crippen molar-refractivity contribution >= 4 is 29.4 Å². The Labute approximate surface area is 174 Å². The fraction of sp³-hybridized carbons (Fsp3) is 0.318. The fourth-order valence-corrected chi connectivity index (χ4v) is 3.73. The second-order valence-electron chi connectivity index (χ2n) is 6.98. The maximum atomic E-state index is 12.8. The molecule has 1 N–H and O–H groups in total. The van der Waals surface area contributed by atoms with Crippen molar-refractivity contribution in [3.8, 4) is 5.75 Å². The fourth-order valence-electron chi connectivity index (χ4n) is 3.60. The Kier molecular flexibility index (Phi) is 6.54. The van der Waals surface area contributed by atoms with Crippen molar-refractivity contribution in [2.24, 2.45) is 0 Å². The lowest BCUT2D eigenvalue weighted by molar-refractivity contribution is -0.154. The first-order valence-corrected chi connectivity index (χ1v) is 9.74. The lowest BCUT2D eigenvalue weighted by Crippen LogP contribution is -2.39. The molecule has 0 unspecified atom stereocenters. The molecular weight excluding hydrogens is 394 g/mol. The molecule has 0 atom stereocenters. The molecule has 29 heavy (non-hydrogen) atoms. The van der Waals surface area contributed by atoms with E-state index in [-0.39, 0.29) is 0 Å². The number of halogens is 1. The summed E-state index contributed by atoms with van der Waals surface area (Å²) in [5, 5.41) is 2.82. The third-order valence-corrected chi connectivity index (χ3v) is 5.44. The van der Waals surface area contributed by atoms with Gasteiger partial charge in [0.15, 0.2) is 6.61 Å². The van der Waals surface area contributed by atoms with E-state index in [1.165, 1.54) is 7.11 Å². The van der Waals surface area contributed by atoms with Gasteiger partial charge in [-0.15, -0.1) is 0 Å². The van der Waals surface area contributed by atoms with Gasteiger partial charge in [0.1, 0.15) is 5.75 Å². The average molecular weight is 416 g/mol. The molecule has 1 aliphatic carbocycles. The lowest BCUT2D eigenvalue weighted by atomic mass is 9.79. The molecule has 0 bridgehead atoms. The largest absolute Gasteiger partial charge is 0.497 e. The zero-order valence-electron chi connectivity index (χ0n) is 16.1. The van der Waals surface area contributed by atoms with E-state index in [0.717, 1.165) is 18.4 Å². The van der Waals surface area contributed by atoms with E-state index in [4.69, 9.17) is 21.1 Å². The van der Waals surface area contributed by atoms with Gasteiger partial charge in [-0.2, -0.15) is 0 Å². The van der Waals surface area contributed by atoms with Gasteiger partial charge in [0.2, 0.25) is 0 Å². The molecule has 0 aromatic heterocycles. The third kappa shape index (κ3) is 4.77. The van der Waals surface area contributed by atoms with E-state index in [2.05, 4.69) is 5.32 Å². The van der Waals surface area contributed by atoms with Crippen LogP contribution in [0.1, 0.15) is 41.6 Å². The van der Waals surface area contributed by atoms with Gasteiger partial charge in [-0.25, -0.2) is 0 Å².